The van der Waals surface area contributed by atoms with Gasteiger partial charge in [0.15, 0.2) is 0 Å². The molecule has 248 valence electrons. The Kier molecular flexibility index (Phi) is 12.1. The molecular formula is C42H44O4Si2Ti. The first-order chi connectivity index (χ1) is 24.2. The van der Waals surface area contributed by atoms with Crippen molar-refractivity contribution in [3.05, 3.63) is 182 Å². The van der Waals surface area contributed by atoms with E-state index in [-0.39, 0.29) is 0 Å². The molecule has 6 aromatic rings. The van der Waals surface area contributed by atoms with Crippen molar-refractivity contribution in [3.8, 4) is 0 Å². The molecule has 0 heterocycles. The van der Waals surface area contributed by atoms with E-state index < -0.39 is 34.8 Å². The molecule has 0 aromatic heterocycles. The van der Waals surface area contributed by atoms with E-state index in [4.69, 9.17) is 12.7 Å². The van der Waals surface area contributed by atoms with Gasteiger partial charge >= 0.3 is 300 Å². The summed E-state index contributed by atoms with van der Waals surface area (Å²) in [6.45, 7) is 5.16. The zero-order valence-electron chi connectivity index (χ0n) is 28.3. The van der Waals surface area contributed by atoms with E-state index in [1.807, 2.05) is 0 Å². The number of hydrogen-bond acceptors (Lipinski definition) is 4. The molecule has 4 nitrogen and oxygen atoms in total. The molecule has 0 bridgehead atoms. The fourth-order valence-electron chi connectivity index (χ4n) is 6.40. The van der Waals surface area contributed by atoms with Crippen LogP contribution in [-0.4, -0.2) is 29.8 Å². The molecule has 6 rings (SSSR count). The Morgan fingerprint density at radius 1 is 0.347 bits per heavy atom. The molecule has 6 aromatic carbocycles. The molecule has 0 amide bonds. The Hall–Kier alpha value is -3.69. The van der Waals surface area contributed by atoms with Gasteiger partial charge in [0, 0.05) is 0 Å². The molecule has 0 aliphatic heterocycles. The van der Waals surface area contributed by atoms with Crippen LogP contribution >= 0.6 is 0 Å². The third-order valence-corrected chi connectivity index (χ3v) is 23.5. The third kappa shape index (κ3) is 7.58. The topological polar surface area (TPSA) is 36.9 Å². The predicted molar refractivity (Wildman–Crippen MR) is 203 cm³/mol. The molecule has 0 radical (unpaired) electrons. The molecule has 0 aliphatic rings. The number of rotatable bonds is 16. The van der Waals surface area contributed by atoms with Crippen LogP contribution in [0.2, 0.25) is 0 Å². The van der Waals surface area contributed by atoms with Crippen molar-refractivity contribution in [2.75, 3.05) is 13.2 Å². The SMILES string of the molecule is CCC[O][Ti]([O]CCC)([O][Si](c1ccccc1)(c1ccccc1)c1ccccc1)[O][Si](c1ccccc1)(c1ccccc1)c1ccccc1. The van der Waals surface area contributed by atoms with Crippen LogP contribution in [-0.2, 0) is 30.8 Å². The average Bonchev–Trinajstić information content (AvgIpc) is 3.19. The van der Waals surface area contributed by atoms with Gasteiger partial charge in [-0.2, -0.15) is 0 Å². The number of hydrogen-bond donors (Lipinski definition) is 0. The summed E-state index contributed by atoms with van der Waals surface area (Å²) in [6.07, 6.45) is 1.59. The van der Waals surface area contributed by atoms with E-state index in [0.29, 0.717) is 13.2 Å². The number of benzene rings is 6. The maximum atomic E-state index is 8.00. The Morgan fingerprint density at radius 2 is 0.551 bits per heavy atom. The molecule has 0 saturated carbocycles. The molecule has 0 N–H and O–H groups in total. The van der Waals surface area contributed by atoms with E-state index in [1.54, 1.807) is 0 Å². The zero-order chi connectivity index (χ0) is 33.8. The van der Waals surface area contributed by atoms with Gasteiger partial charge in [-0.3, -0.25) is 0 Å². The van der Waals surface area contributed by atoms with Crippen LogP contribution in [0.1, 0.15) is 26.7 Å². The molecule has 0 unspecified atom stereocenters. The van der Waals surface area contributed by atoms with Crippen molar-refractivity contribution < 1.29 is 30.8 Å². The Labute approximate surface area is 298 Å². The second-order valence-corrected chi connectivity index (χ2v) is 22.9. The van der Waals surface area contributed by atoms with Crippen molar-refractivity contribution in [2.24, 2.45) is 0 Å². The van der Waals surface area contributed by atoms with E-state index in [0.717, 1.165) is 44.0 Å². The molecule has 49 heavy (non-hydrogen) atoms. The van der Waals surface area contributed by atoms with Crippen LogP contribution in [0.4, 0.5) is 0 Å². The third-order valence-electron chi connectivity index (χ3n) is 8.60. The second-order valence-electron chi connectivity index (χ2n) is 12.0. The quantitative estimate of drug-likeness (QED) is 0.0908. The molecule has 0 fully saturated rings. The van der Waals surface area contributed by atoms with Gasteiger partial charge in [-0.25, -0.2) is 0 Å². The Morgan fingerprint density at radius 3 is 0.735 bits per heavy atom. The molecular weight excluding hydrogens is 672 g/mol. The standard InChI is InChI=1S/2C18H15OSi.2C3H7O.Ti/c2*19-20(16-10-4-1-5-11-16,17-12-6-2-7-13-17)18-14-8-3-9-15-18;2*1-2-3-4;/h2*1-15H;2*2-3H2,1H3;/q4*-1;+4. The van der Waals surface area contributed by atoms with Gasteiger partial charge in [-0.05, 0) is 0 Å². The summed E-state index contributed by atoms with van der Waals surface area (Å²) in [7, 11) is -6.66. The summed E-state index contributed by atoms with van der Waals surface area (Å²) in [4.78, 5) is 0. The van der Waals surface area contributed by atoms with Gasteiger partial charge < -0.3 is 0 Å². The predicted octanol–water partition coefficient (Wildman–Crippen LogP) is 6.02. The van der Waals surface area contributed by atoms with Crippen LogP contribution < -0.4 is 31.1 Å². The normalized spacial score (nSPS) is 12.1. The van der Waals surface area contributed by atoms with Crippen LogP contribution in [0.25, 0.3) is 0 Å². The van der Waals surface area contributed by atoms with Crippen molar-refractivity contribution in [3.63, 3.8) is 0 Å². The van der Waals surface area contributed by atoms with Gasteiger partial charge in [-0.1, -0.05) is 0 Å². The Balaban J connectivity index is 1.68. The van der Waals surface area contributed by atoms with Gasteiger partial charge in [0.25, 0.3) is 0 Å². The van der Waals surface area contributed by atoms with Crippen molar-refractivity contribution in [1.82, 2.24) is 0 Å². The van der Waals surface area contributed by atoms with E-state index in [9.17, 15) is 0 Å². The summed E-state index contributed by atoms with van der Waals surface area (Å²) in [6, 6.07) is 63.8. The van der Waals surface area contributed by atoms with Crippen molar-refractivity contribution >= 4 is 47.8 Å². The van der Waals surface area contributed by atoms with E-state index in [1.165, 1.54) is 0 Å². The van der Waals surface area contributed by atoms with Gasteiger partial charge in [0.1, 0.15) is 0 Å². The molecule has 0 spiro atoms. The Bertz CT molecular complexity index is 1500. The average molecular weight is 717 g/mol. The van der Waals surface area contributed by atoms with Crippen LogP contribution in [0.5, 0.6) is 0 Å². The van der Waals surface area contributed by atoms with Crippen molar-refractivity contribution in [1.29, 1.82) is 0 Å². The van der Waals surface area contributed by atoms with E-state index >= 15 is 0 Å². The van der Waals surface area contributed by atoms with Gasteiger partial charge in [0.05, 0.1) is 0 Å². The minimum atomic E-state index is -4.85. The minimum absolute atomic E-state index is 0.454. The molecule has 7 heteroatoms. The van der Waals surface area contributed by atoms with Crippen LogP contribution in [0.3, 0.4) is 0 Å². The fraction of sp³-hybridized carbons (Fsp3) is 0.143. The van der Waals surface area contributed by atoms with Gasteiger partial charge in [-0.15, -0.1) is 0 Å². The first-order valence-corrected chi connectivity index (χ1v) is 23.5. The summed E-state index contributed by atoms with van der Waals surface area (Å²) in [5.74, 6) is 0. The first kappa shape index (κ1) is 35.1. The van der Waals surface area contributed by atoms with Crippen LogP contribution in [0.15, 0.2) is 182 Å². The summed E-state index contributed by atoms with van der Waals surface area (Å²) in [5, 5.41) is 6.65. The molecule has 0 aliphatic carbocycles. The fourth-order valence-corrected chi connectivity index (χ4v) is 24.3. The maximum absolute atomic E-state index is 8.00. The summed E-state index contributed by atoms with van der Waals surface area (Å²) in [5.41, 5.74) is 0. The second kappa shape index (κ2) is 16.8. The molecule has 0 atom stereocenters. The molecule has 0 saturated heterocycles. The summed E-state index contributed by atoms with van der Waals surface area (Å²) < 4.78 is 30.2. The zero-order valence-corrected chi connectivity index (χ0v) is 31.8. The van der Waals surface area contributed by atoms with Crippen LogP contribution in [0, 0.1) is 0 Å². The summed E-state index contributed by atoms with van der Waals surface area (Å²) >= 11 is -4.85. The van der Waals surface area contributed by atoms with E-state index in [2.05, 4.69) is 196 Å². The monoisotopic (exact) mass is 716 g/mol. The first-order valence-electron chi connectivity index (χ1n) is 17.2. The van der Waals surface area contributed by atoms with Gasteiger partial charge in [0.2, 0.25) is 0 Å². The van der Waals surface area contributed by atoms with Crippen molar-refractivity contribution in [2.45, 2.75) is 26.7 Å².